The van der Waals surface area contributed by atoms with Crippen molar-refractivity contribution in [1.82, 2.24) is 0 Å². The first-order chi connectivity index (χ1) is 14.8. The molecular formula is C23H23IN2O4S. The molecule has 0 atom stereocenters. The van der Waals surface area contributed by atoms with Gasteiger partial charge in [-0.15, -0.1) is 0 Å². The van der Waals surface area contributed by atoms with Gasteiger partial charge in [0.1, 0.15) is 0 Å². The van der Waals surface area contributed by atoms with Crippen LogP contribution in [0, 0.1) is 3.57 Å². The van der Waals surface area contributed by atoms with Crippen LogP contribution in [-0.4, -0.2) is 27.7 Å². The zero-order valence-corrected chi connectivity index (χ0v) is 20.2. The summed E-state index contributed by atoms with van der Waals surface area (Å²) in [6, 6.07) is 21.7. The van der Waals surface area contributed by atoms with E-state index in [1.165, 1.54) is 10.6 Å². The van der Waals surface area contributed by atoms with Gasteiger partial charge in [-0.3, -0.25) is 9.10 Å². The van der Waals surface area contributed by atoms with E-state index in [-0.39, 0.29) is 12.5 Å². The number of benzene rings is 3. The number of anilines is 2. The minimum absolute atomic E-state index is 0.181. The minimum atomic E-state index is -3.46. The van der Waals surface area contributed by atoms with Gasteiger partial charge < -0.3 is 10.1 Å². The molecule has 8 heteroatoms. The Kier molecular flexibility index (Phi) is 7.69. The second-order valence-corrected chi connectivity index (χ2v) is 10.2. The standard InChI is InChI=1S/C23H23IN2O4S/c1-30-16-18-4-3-5-21(14-18)25-23(27)19-8-6-17(7-9-19)15-26(31(2,28)29)22-12-10-20(24)11-13-22/h3-14H,15-16H2,1-2H3,(H,25,27). The largest absolute Gasteiger partial charge is 0.380 e. The lowest BCUT2D eigenvalue weighted by Gasteiger charge is -2.22. The summed E-state index contributed by atoms with van der Waals surface area (Å²) in [7, 11) is -1.84. The number of sulfonamides is 1. The lowest BCUT2D eigenvalue weighted by molar-refractivity contribution is 0.102. The van der Waals surface area contributed by atoms with Gasteiger partial charge in [-0.25, -0.2) is 8.42 Å². The molecule has 0 aromatic heterocycles. The van der Waals surface area contributed by atoms with Crippen LogP contribution in [0.1, 0.15) is 21.5 Å². The SMILES string of the molecule is COCc1cccc(NC(=O)c2ccc(CN(c3ccc(I)cc3)S(C)(=O)=O)cc2)c1. The molecule has 3 aromatic carbocycles. The Morgan fingerprint density at radius 3 is 2.29 bits per heavy atom. The highest BCUT2D eigenvalue weighted by Crippen LogP contribution is 2.22. The maximum atomic E-state index is 12.6. The lowest BCUT2D eigenvalue weighted by atomic mass is 10.1. The Labute approximate surface area is 196 Å². The van der Waals surface area contributed by atoms with Crippen molar-refractivity contribution in [2.75, 3.05) is 23.0 Å². The summed E-state index contributed by atoms with van der Waals surface area (Å²) in [5.74, 6) is -0.237. The molecule has 0 aliphatic heterocycles. The molecule has 0 heterocycles. The van der Waals surface area contributed by atoms with Crippen molar-refractivity contribution < 1.29 is 17.9 Å². The highest BCUT2D eigenvalue weighted by molar-refractivity contribution is 14.1. The Bertz CT molecular complexity index is 1150. The van der Waals surface area contributed by atoms with E-state index in [1.807, 2.05) is 36.4 Å². The molecule has 1 N–H and O–H groups in total. The van der Waals surface area contributed by atoms with E-state index in [9.17, 15) is 13.2 Å². The summed E-state index contributed by atoms with van der Waals surface area (Å²) in [6.07, 6.45) is 1.19. The number of hydrogen-bond acceptors (Lipinski definition) is 4. The number of rotatable bonds is 8. The summed E-state index contributed by atoms with van der Waals surface area (Å²) in [5.41, 5.74) is 3.52. The number of carbonyl (C=O) groups is 1. The molecule has 162 valence electrons. The summed E-state index contributed by atoms with van der Waals surface area (Å²) >= 11 is 2.18. The van der Waals surface area contributed by atoms with Crippen molar-refractivity contribution in [2.24, 2.45) is 0 Å². The van der Waals surface area contributed by atoms with Crippen LogP contribution < -0.4 is 9.62 Å². The number of ether oxygens (including phenoxy) is 1. The van der Waals surface area contributed by atoms with Crippen molar-refractivity contribution in [3.63, 3.8) is 0 Å². The Morgan fingerprint density at radius 2 is 1.68 bits per heavy atom. The maximum absolute atomic E-state index is 12.6. The Balaban J connectivity index is 1.73. The monoisotopic (exact) mass is 550 g/mol. The van der Waals surface area contributed by atoms with E-state index in [2.05, 4.69) is 27.9 Å². The molecule has 6 nitrogen and oxygen atoms in total. The second-order valence-electron chi connectivity index (χ2n) is 7.03. The van der Waals surface area contributed by atoms with Gasteiger partial charge in [0.15, 0.2) is 0 Å². The highest BCUT2D eigenvalue weighted by atomic mass is 127. The number of nitrogens with one attached hydrogen (secondary N) is 1. The van der Waals surface area contributed by atoms with Crippen molar-refractivity contribution in [2.45, 2.75) is 13.2 Å². The molecule has 0 saturated heterocycles. The van der Waals surface area contributed by atoms with E-state index in [4.69, 9.17) is 4.74 Å². The summed E-state index contributed by atoms with van der Waals surface area (Å²) in [5, 5.41) is 2.87. The zero-order valence-electron chi connectivity index (χ0n) is 17.2. The molecule has 31 heavy (non-hydrogen) atoms. The molecular weight excluding hydrogens is 527 g/mol. The third-order valence-corrected chi connectivity index (χ3v) is 6.41. The predicted octanol–water partition coefficient (Wildman–Crippen LogP) is 4.66. The molecule has 0 saturated carbocycles. The van der Waals surface area contributed by atoms with Crippen LogP contribution in [0.3, 0.4) is 0 Å². The fourth-order valence-electron chi connectivity index (χ4n) is 3.04. The van der Waals surface area contributed by atoms with E-state index in [0.717, 1.165) is 14.7 Å². The van der Waals surface area contributed by atoms with Crippen LogP contribution in [0.15, 0.2) is 72.8 Å². The summed E-state index contributed by atoms with van der Waals surface area (Å²) in [6.45, 7) is 0.649. The van der Waals surface area contributed by atoms with E-state index < -0.39 is 10.0 Å². The maximum Gasteiger partial charge on any atom is 0.255 e. The van der Waals surface area contributed by atoms with Crippen LogP contribution in [0.2, 0.25) is 0 Å². The third-order valence-electron chi connectivity index (χ3n) is 4.55. The number of carbonyl (C=O) groups excluding carboxylic acids is 1. The molecule has 0 aliphatic carbocycles. The Morgan fingerprint density at radius 1 is 1.00 bits per heavy atom. The van der Waals surface area contributed by atoms with E-state index in [0.29, 0.717) is 23.5 Å². The van der Waals surface area contributed by atoms with Crippen molar-refractivity contribution in [1.29, 1.82) is 0 Å². The first-order valence-electron chi connectivity index (χ1n) is 9.48. The third kappa shape index (κ3) is 6.52. The normalized spacial score (nSPS) is 11.2. The van der Waals surface area contributed by atoms with Crippen molar-refractivity contribution in [3.05, 3.63) is 93.1 Å². The second kappa shape index (κ2) is 10.3. The van der Waals surface area contributed by atoms with Crippen molar-refractivity contribution >= 4 is 49.9 Å². The molecule has 1 amide bonds. The summed E-state index contributed by atoms with van der Waals surface area (Å²) in [4.78, 5) is 12.6. The number of halogens is 1. The van der Waals surface area contributed by atoms with Gasteiger partial charge in [0.25, 0.3) is 5.91 Å². The minimum Gasteiger partial charge on any atom is -0.380 e. The molecule has 0 bridgehead atoms. The predicted molar refractivity (Wildman–Crippen MR) is 132 cm³/mol. The van der Waals surface area contributed by atoms with Crippen molar-refractivity contribution in [3.8, 4) is 0 Å². The molecule has 0 radical (unpaired) electrons. The first-order valence-corrected chi connectivity index (χ1v) is 12.4. The van der Waals surface area contributed by atoms with Crippen LogP contribution in [0.5, 0.6) is 0 Å². The van der Waals surface area contributed by atoms with Gasteiger partial charge in [-0.2, -0.15) is 0 Å². The zero-order chi connectivity index (χ0) is 22.4. The number of hydrogen-bond donors (Lipinski definition) is 1. The molecule has 0 fully saturated rings. The molecule has 0 spiro atoms. The molecule has 0 aliphatic rings. The van der Waals surface area contributed by atoms with Crippen LogP contribution in [0.4, 0.5) is 11.4 Å². The lowest BCUT2D eigenvalue weighted by Crippen LogP contribution is -2.29. The van der Waals surface area contributed by atoms with Crippen LogP contribution >= 0.6 is 22.6 Å². The Hall–Kier alpha value is -2.43. The number of nitrogens with zero attached hydrogens (tertiary/aromatic N) is 1. The molecule has 0 unspecified atom stereocenters. The number of methoxy groups -OCH3 is 1. The van der Waals surface area contributed by atoms with Gasteiger partial charge in [-0.05, 0) is 82.2 Å². The van der Waals surface area contributed by atoms with Crippen LogP contribution in [-0.2, 0) is 27.9 Å². The van der Waals surface area contributed by atoms with Gasteiger partial charge in [-0.1, -0.05) is 24.3 Å². The highest BCUT2D eigenvalue weighted by Gasteiger charge is 2.18. The van der Waals surface area contributed by atoms with Gasteiger partial charge in [0, 0.05) is 21.9 Å². The fourth-order valence-corrected chi connectivity index (χ4v) is 4.29. The molecule has 3 rings (SSSR count). The first kappa shape index (κ1) is 23.2. The molecule has 3 aromatic rings. The van der Waals surface area contributed by atoms with E-state index >= 15 is 0 Å². The average Bonchev–Trinajstić information content (AvgIpc) is 2.73. The smallest absolute Gasteiger partial charge is 0.255 e. The average molecular weight is 550 g/mol. The number of amides is 1. The fraction of sp³-hybridized carbons (Fsp3) is 0.174. The topological polar surface area (TPSA) is 75.7 Å². The van der Waals surface area contributed by atoms with Gasteiger partial charge in [0.2, 0.25) is 10.0 Å². The van der Waals surface area contributed by atoms with E-state index in [1.54, 1.807) is 43.5 Å². The quantitative estimate of drug-likeness (QED) is 0.415. The van der Waals surface area contributed by atoms with Crippen LogP contribution in [0.25, 0.3) is 0 Å². The van der Waals surface area contributed by atoms with Gasteiger partial charge in [0.05, 0.1) is 25.1 Å². The summed E-state index contributed by atoms with van der Waals surface area (Å²) < 4.78 is 32.1. The van der Waals surface area contributed by atoms with Gasteiger partial charge >= 0.3 is 0 Å².